The molecule has 0 bridgehead atoms. The van der Waals surface area contributed by atoms with Crippen LogP contribution in [0.4, 0.5) is 22.0 Å². The summed E-state index contributed by atoms with van der Waals surface area (Å²) in [5.74, 6) is -3.90. The summed E-state index contributed by atoms with van der Waals surface area (Å²) in [7, 11) is 0. The van der Waals surface area contributed by atoms with Crippen molar-refractivity contribution in [3.63, 3.8) is 0 Å². The van der Waals surface area contributed by atoms with Crippen LogP contribution in [0, 0.1) is 18.6 Å². The van der Waals surface area contributed by atoms with Gasteiger partial charge in [0.05, 0.1) is 11.9 Å². The highest BCUT2D eigenvalue weighted by Crippen LogP contribution is 2.34. The first-order chi connectivity index (χ1) is 11.6. The summed E-state index contributed by atoms with van der Waals surface area (Å²) < 4.78 is 67.2. The van der Waals surface area contributed by atoms with Crippen molar-refractivity contribution in [2.75, 3.05) is 0 Å². The molecule has 1 N–H and O–H groups in total. The van der Waals surface area contributed by atoms with Gasteiger partial charge in [0, 0.05) is 5.56 Å². The summed E-state index contributed by atoms with van der Waals surface area (Å²) in [6, 6.07) is 2.43. The Morgan fingerprint density at radius 2 is 1.92 bits per heavy atom. The maximum absolute atomic E-state index is 13.7. The van der Waals surface area contributed by atoms with Gasteiger partial charge < -0.3 is 5.11 Å². The zero-order valence-corrected chi connectivity index (χ0v) is 12.4. The van der Waals surface area contributed by atoms with Crippen LogP contribution < -0.4 is 0 Å². The summed E-state index contributed by atoms with van der Waals surface area (Å²) in [6.45, 7) is 1.18. The quantitative estimate of drug-likeness (QED) is 0.710. The second-order valence-electron chi connectivity index (χ2n) is 5.16. The van der Waals surface area contributed by atoms with Crippen molar-refractivity contribution in [3.05, 3.63) is 52.9 Å². The SMILES string of the molecule is Cc1c(-c2cc(C(F)(F)F)n3ncc(C(=O)O)c3n2)ccc(F)c1F. The van der Waals surface area contributed by atoms with E-state index in [9.17, 15) is 26.7 Å². The number of benzene rings is 1. The molecule has 5 nitrogen and oxygen atoms in total. The molecule has 25 heavy (non-hydrogen) atoms. The average molecular weight is 357 g/mol. The van der Waals surface area contributed by atoms with Gasteiger partial charge in [0.2, 0.25) is 0 Å². The van der Waals surface area contributed by atoms with Crippen LogP contribution in [-0.4, -0.2) is 25.7 Å². The fraction of sp³-hybridized carbons (Fsp3) is 0.133. The van der Waals surface area contributed by atoms with Gasteiger partial charge in [-0.05, 0) is 30.7 Å². The van der Waals surface area contributed by atoms with E-state index in [1.165, 1.54) is 6.92 Å². The van der Waals surface area contributed by atoms with Crippen LogP contribution in [0.15, 0.2) is 24.4 Å². The lowest BCUT2D eigenvalue weighted by Gasteiger charge is -2.13. The smallest absolute Gasteiger partial charge is 0.433 e. The van der Waals surface area contributed by atoms with Gasteiger partial charge in [-0.15, -0.1) is 0 Å². The van der Waals surface area contributed by atoms with Crippen LogP contribution in [0.2, 0.25) is 0 Å². The molecule has 0 aliphatic carbocycles. The van der Waals surface area contributed by atoms with Crippen LogP contribution in [-0.2, 0) is 6.18 Å². The standard InChI is InChI=1S/C15H8F5N3O2/c1-6-7(2-3-9(16)12(6)17)10-4-11(15(18,19)20)23-13(22-10)8(5-21-23)14(24)25/h2-5H,1H3,(H,24,25). The zero-order chi connectivity index (χ0) is 18.5. The third-order valence-electron chi connectivity index (χ3n) is 3.61. The lowest BCUT2D eigenvalue weighted by atomic mass is 10.0. The number of hydrogen-bond donors (Lipinski definition) is 1. The minimum absolute atomic E-state index is 0.0931. The van der Waals surface area contributed by atoms with E-state index in [0.29, 0.717) is 10.6 Å². The molecule has 3 rings (SSSR count). The first kappa shape index (κ1) is 16.8. The molecule has 0 aliphatic rings. The normalized spacial score (nSPS) is 11.9. The number of alkyl halides is 3. The Bertz CT molecular complexity index is 1010. The minimum atomic E-state index is -4.87. The minimum Gasteiger partial charge on any atom is -0.477 e. The predicted octanol–water partition coefficient (Wildman–Crippen LogP) is 3.70. The van der Waals surface area contributed by atoms with Crippen LogP contribution in [0.25, 0.3) is 16.9 Å². The number of carboxylic acids is 1. The van der Waals surface area contributed by atoms with E-state index < -0.39 is 40.7 Å². The number of hydrogen-bond acceptors (Lipinski definition) is 3. The Hall–Kier alpha value is -3.04. The first-order valence-electron chi connectivity index (χ1n) is 6.75. The fourth-order valence-electron chi connectivity index (χ4n) is 2.38. The van der Waals surface area contributed by atoms with Crippen molar-refractivity contribution >= 4 is 11.6 Å². The number of rotatable bonds is 2. The molecule has 10 heteroatoms. The van der Waals surface area contributed by atoms with Crippen LogP contribution >= 0.6 is 0 Å². The lowest BCUT2D eigenvalue weighted by molar-refractivity contribution is -0.142. The molecule has 2 aromatic heterocycles. The summed E-state index contributed by atoms with van der Waals surface area (Å²) in [5, 5.41) is 12.5. The summed E-state index contributed by atoms with van der Waals surface area (Å²) in [5.41, 5.74) is -3.08. The lowest BCUT2D eigenvalue weighted by Crippen LogP contribution is -2.14. The molecule has 0 unspecified atom stereocenters. The van der Waals surface area contributed by atoms with Crippen LogP contribution in [0.3, 0.4) is 0 Å². The van der Waals surface area contributed by atoms with E-state index in [0.717, 1.165) is 18.3 Å². The molecule has 0 atom stereocenters. The van der Waals surface area contributed by atoms with Crippen molar-refractivity contribution in [1.29, 1.82) is 0 Å². The summed E-state index contributed by atoms with van der Waals surface area (Å²) in [4.78, 5) is 15.0. The molecule has 2 heterocycles. The topological polar surface area (TPSA) is 67.5 Å². The van der Waals surface area contributed by atoms with Gasteiger partial charge in [0.25, 0.3) is 0 Å². The maximum atomic E-state index is 13.7. The van der Waals surface area contributed by atoms with E-state index in [2.05, 4.69) is 10.1 Å². The van der Waals surface area contributed by atoms with Gasteiger partial charge in [-0.2, -0.15) is 18.3 Å². The summed E-state index contributed by atoms with van der Waals surface area (Å²) >= 11 is 0. The Morgan fingerprint density at radius 3 is 2.52 bits per heavy atom. The Labute approximate surface area is 136 Å². The van der Waals surface area contributed by atoms with E-state index in [1.54, 1.807) is 0 Å². The number of fused-ring (bicyclic) bond motifs is 1. The van der Waals surface area contributed by atoms with Gasteiger partial charge >= 0.3 is 12.1 Å². The zero-order valence-electron chi connectivity index (χ0n) is 12.4. The van der Waals surface area contributed by atoms with Crippen molar-refractivity contribution in [1.82, 2.24) is 14.6 Å². The second-order valence-corrected chi connectivity index (χ2v) is 5.16. The van der Waals surface area contributed by atoms with Crippen molar-refractivity contribution in [2.45, 2.75) is 13.1 Å². The van der Waals surface area contributed by atoms with Crippen molar-refractivity contribution < 1.29 is 31.9 Å². The number of carboxylic acid groups (broad SMARTS) is 1. The monoisotopic (exact) mass is 357 g/mol. The van der Waals surface area contributed by atoms with E-state index in [4.69, 9.17) is 5.11 Å². The number of aromatic nitrogens is 3. The highest BCUT2D eigenvalue weighted by molar-refractivity contribution is 5.94. The van der Waals surface area contributed by atoms with Gasteiger partial charge in [0.15, 0.2) is 23.0 Å². The molecule has 3 aromatic rings. The molecule has 0 spiro atoms. The molecule has 1 aromatic carbocycles. The van der Waals surface area contributed by atoms with Gasteiger partial charge in [-0.25, -0.2) is 23.1 Å². The molecule has 0 fully saturated rings. The predicted molar refractivity (Wildman–Crippen MR) is 75.0 cm³/mol. The Morgan fingerprint density at radius 1 is 1.24 bits per heavy atom. The fourth-order valence-corrected chi connectivity index (χ4v) is 2.38. The largest absolute Gasteiger partial charge is 0.477 e. The number of halogens is 5. The third kappa shape index (κ3) is 2.69. The molecule has 0 saturated heterocycles. The van der Waals surface area contributed by atoms with Crippen molar-refractivity contribution in [2.24, 2.45) is 0 Å². The van der Waals surface area contributed by atoms with Crippen LogP contribution in [0.5, 0.6) is 0 Å². The maximum Gasteiger partial charge on any atom is 0.433 e. The Kier molecular flexibility index (Phi) is 3.70. The number of carbonyl (C=O) groups is 1. The molecule has 130 valence electrons. The van der Waals surface area contributed by atoms with E-state index in [1.807, 2.05) is 0 Å². The molecule has 0 aliphatic heterocycles. The average Bonchev–Trinajstić information content (AvgIpc) is 2.94. The van der Waals surface area contributed by atoms with Gasteiger partial charge in [-0.1, -0.05) is 0 Å². The van der Waals surface area contributed by atoms with Gasteiger partial charge in [0.1, 0.15) is 5.56 Å². The Balaban J connectivity index is 2.39. The third-order valence-corrected chi connectivity index (χ3v) is 3.61. The second kappa shape index (κ2) is 5.50. The molecular weight excluding hydrogens is 349 g/mol. The number of aromatic carboxylic acids is 1. The van der Waals surface area contributed by atoms with E-state index in [-0.39, 0.29) is 16.8 Å². The van der Waals surface area contributed by atoms with Gasteiger partial charge in [-0.3, -0.25) is 0 Å². The first-order valence-corrected chi connectivity index (χ1v) is 6.75. The van der Waals surface area contributed by atoms with Crippen LogP contribution in [0.1, 0.15) is 21.6 Å². The highest BCUT2D eigenvalue weighted by Gasteiger charge is 2.36. The van der Waals surface area contributed by atoms with E-state index >= 15 is 0 Å². The van der Waals surface area contributed by atoms with Crippen molar-refractivity contribution in [3.8, 4) is 11.3 Å². The molecule has 0 saturated carbocycles. The number of nitrogens with zero attached hydrogens (tertiary/aromatic N) is 3. The molecular formula is C15H8F5N3O2. The molecule has 0 radical (unpaired) electrons. The highest BCUT2D eigenvalue weighted by atomic mass is 19.4. The summed E-state index contributed by atoms with van der Waals surface area (Å²) in [6.07, 6.45) is -4.13. The molecule has 0 amide bonds.